The van der Waals surface area contributed by atoms with Crippen molar-refractivity contribution in [1.29, 1.82) is 0 Å². The van der Waals surface area contributed by atoms with E-state index in [1.807, 2.05) is 42.5 Å². The van der Waals surface area contributed by atoms with E-state index in [1.54, 1.807) is 13.2 Å². The molecule has 98 valence electrons. The van der Waals surface area contributed by atoms with Gasteiger partial charge in [-0.15, -0.1) is 0 Å². The summed E-state index contributed by atoms with van der Waals surface area (Å²) in [5.74, 6) is 0.589. The number of benzene rings is 2. The van der Waals surface area contributed by atoms with Gasteiger partial charge < -0.3 is 9.53 Å². The second kappa shape index (κ2) is 6.39. The quantitative estimate of drug-likeness (QED) is 0.774. The number of methoxy groups -OCH3 is 1. The monoisotopic (exact) mass is 274 g/mol. The molecule has 0 spiro atoms. The number of aldehydes is 1. The maximum Gasteiger partial charge on any atom is 0.127 e. The minimum atomic E-state index is -0.213. The summed E-state index contributed by atoms with van der Waals surface area (Å²) in [4.78, 5) is 11.3. The highest BCUT2D eigenvalue weighted by Crippen LogP contribution is 2.26. The molecule has 0 aliphatic heterocycles. The van der Waals surface area contributed by atoms with E-state index in [9.17, 15) is 4.79 Å². The van der Waals surface area contributed by atoms with Gasteiger partial charge in [-0.25, -0.2) is 0 Å². The van der Waals surface area contributed by atoms with Crippen LogP contribution in [0.3, 0.4) is 0 Å². The highest BCUT2D eigenvalue weighted by molar-refractivity contribution is 6.30. The zero-order valence-electron chi connectivity index (χ0n) is 10.7. The molecular weight excluding hydrogens is 260 g/mol. The molecular formula is C16H15ClO2. The van der Waals surface area contributed by atoms with Crippen molar-refractivity contribution in [2.45, 2.75) is 12.3 Å². The average Bonchev–Trinajstić information content (AvgIpc) is 2.45. The third kappa shape index (κ3) is 3.36. The topological polar surface area (TPSA) is 26.3 Å². The van der Waals surface area contributed by atoms with Gasteiger partial charge in [0, 0.05) is 10.9 Å². The van der Waals surface area contributed by atoms with Crippen LogP contribution < -0.4 is 4.74 Å². The number of halogens is 1. The largest absolute Gasteiger partial charge is 0.496 e. The second-order valence-electron chi connectivity index (χ2n) is 4.31. The van der Waals surface area contributed by atoms with Crippen LogP contribution in [-0.4, -0.2) is 13.4 Å². The zero-order valence-corrected chi connectivity index (χ0v) is 11.4. The van der Waals surface area contributed by atoms with Gasteiger partial charge in [-0.2, -0.15) is 0 Å². The minimum Gasteiger partial charge on any atom is -0.496 e. The van der Waals surface area contributed by atoms with Crippen LogP contribution in [-0.2, 0) is 11.2 Å². The predicted octanol–water partition coefficient (Wildman–Crippen LogP) is 3.87. The number of rotatable bonds is 5. The van der Waals surface area contributed by atoms with E-state index in [2.05, 4.69) is 0 Å². The summed E-state index contributed by atoms with van der Waals surface area (Å²) in [6, 6.07) is 15.1. The highest BCUT2D eigenvalue weighted by atomic mass is 35.5. The maximum absolute atomic E-state index is 11.3. The molecule has 2 rings (SSSR count). The van der Waals surface area contributed by atoms with Crippen molar-refractivity contribution in [2.24, 2.45) is 0 Å². The lowest BCUT2D eigenvalue weighted by molar-refractivity contribution is -0.109. The van der Waals surface area contributed by atoms with Gasteiger partial charge in [-0.05, 0) is 35.7 Å². The van der Waals surface area contributed by atoms with Gasteiger partial charge in [-0.1, -0.05) is 41.9 Å². The molecule has 0 amide bonds. The molecule has 19 heavy (non-hydrogen) atoms. The van der Waals surface area contributed by atoms with Crippen LogP contribution in [0.1, 0.15) is 17.0 Å². The van der Waals surface area contributed by atoms with Crippen molar-refractivity contribution in [2.75, 3.05) is 7.11 Å². The fourth-order valence-electron chi connectivity index (χ4n) is 2.09. The Hall–Kier alpha value is -1.80. The summed E-state index contributed by atoms with van der Waals surface area (Å²) in [6.07, 6.45) is 1.56. The molecule has 0 aliphatic carbocycles. The number of carbonyl (C=O) groups is 1. The lowest BCUT2D eigenvalue weighted by atomic mass is 9.93. The summed E-state index contributed by atoms with van der Waals surface area (Å²) in [7, 11) is 1.63. The molecule has 0 N–H and O–H groups in total. The van der Waals surface area contributed by atoms with E-state index in [0.29, 0.717) is 11.4 Å². The molecule has 2 aromatic rings. The van der Waals surface area contributed by atoms with Crippen molar-refractivity contribution in [1.82, 2.24) is 0 Å². The molecule has 0 heterocycles. The average molecular weight is 275 g/mol. The fourth-order valence-corrected chi connectivity index (χ4v) is 2.29. The Kier molecular flexibility index (Phi) is 4.58. The summed E-state index contributed by atoms with van der Waals surface area (Å²) in [5.41, 5.74) is 1.94. The molecule has 0 saturated carbocycles. The molecule has 0 radical (unpaired) electrons. The van der Waals surface area contributed by atoms with Crippen LogP contribution in [0.2, 0.25) is 5.02 Å². The van der Waals surface area contributed by atoms with Crippen LogP contribution in [0.5, 0.6) is 5.75 Å². The number of para-hydroxylation sites is 1. The maximum atomic E-state index is 11.3. The first-order chi connectivity index (χ1) is 9.24. The van der Waals surface area contributed by atoms with Crippen LogP contribution in [0, 0.1) is 0 Å². The molecule has 0 fully saturated rings. The van der Waals surface area contributed by atoms with Crippen molar-refractivity contribution in [3.8, 4) is 5.75 Å². The van der Waals surface area contributed by atoms with E-state index in [0.717, 1.165) is 23.2 Å². The third-order valence-electron chi connectivity index (χ3n) is 3.07. The summed E-state index contributed by atoms with van der Waals surface area (Å²) in [6.45, 7) is 0. The standard InChI is InChI=1S/C16H15ClO2/c1-19-16-8-3-2-5-13(16)9-14(11-18)12-6-4-7-15(17)10-12/h2-8,10-11,14H,9H2,1H3. The molecule has 2 nitrogen and oxygen atoms in total. The molecule has 0 bridgehead atoms. The van der Waals surface area contributed by atoms with E-state index in [-0.39, 0.29) is 5.92 Å². The highest BCUT2D eigenvalue weighted by Gasteiger charge is 2.14. The Balaban J connectivity index is 2.26. The number of hydrogen-bond donors (Lipinski definition) is 0. The number of ether oxygens (including phenoxy) is 1. The van der Waals surface area contributed by atoms with E-state index in [1.165, 1.54) is 0 Å². The van der Waals surface area contributed by atoms with Gasteiger partial charge in [0.05, 0.1) is 7.11 Å². The Morgan fingerprint density at radius 3 is 2.68 bits per heavy atom. The Bertz CT molecular complexity index is 566. The molecule has 1 unspecified atom stereocenters. The smallest absolute Gasteiger partial charge is 0.127 e. The van der Waals surface area contributed by atoms with Crippen molar-refractivity contribution >= 4 is 17.9 Å². The molecule has 1 atom stereocenters. The summed E-state index contributed by atoms with van der Waals surface area (Å²) in [5, 5.41) is 0.643. The minimum absolute atomic E-state index is 0.213. The van der Waals surface area contributed by atoms with Crippen LogP contribution in [0.4, 0.5) is 0 Å². The van der Waals surface area contributed by atoms with Crippen LogP contribution >= 0.6 is 11.6 Å². The van der Waals surface area contributed by atoms with Gasteiger partial charge in [-0.3, -0.25) is 0 Å². The van der Waals surface area contributed by atoms with Crippen molar-refractivity contribution < 1.29 is 9.53 Å². The van der Waals surface area contributed by atoms with Gasteiger partial charge in [0.15, 0.2) is 0 Å². The van der Waals surface area contributed by atoms with E-state index in [4.69, 9.17) is 16.3 Å². The van der Waals surface area contributed by atoms with Gasteiger partial charge in [0.1, 0.15) is 12.0 Å². The lowest BCUT2D eigenvalue weighted by Gasteiger charge is -2.13. The molecule has 3 heteroatoms. The first-order valence-electron chi connectivity index (χ1n) is 6.07. The zero-order chi connectivity index (χ0) is 13.7. The van der Waals surface area contributed by atoms with Crippen LogP contribution in [0.15, 0.2) is 48.5 Å². The number of carbonyl (C=O) groups excluding carboxylic acids is 1. The molecule has 0 saturated heterocycles. The SMILES string of the molecule is COc1ccccc1CC(C=O)c1cccc(Cl)c1. The van der Waals surface area contributed by atoms with Crippen molar-refractivity contribution in [3.05, 3.63) is 64.7 Å². The van der Waals surface area contributed by atoms with Crippen LogP contribution in [0.25, 0.3) is 0 Å². The van der Waals surface area contributed by atoms with Gasteiger partial charge >= 0.3 is 0 Å². The molecule has 2 aromatic carbocycles. The van der Waals surface area contributed by atoms with E-state index < -0.39 is 0 Å². The number of hydrogen-bond acceptors (Lipinski definition) is 2. The Morgan fingerprint density at radius 2 is 2.00 bits per heavy atom. The summed E-state index contributed by atoms with van der Waals surface area (Å²) < 4.78 is 5.31. The second-order valence-corrected chi connectivity index (χ2v) is 4.75. The Morgan fingerprint density at radius 1 is 1.21 bits per heavy atom. The first kappa shape index (κ1) is 13.6. The van der Waals surface area contributed by atoms with Gasteiger partial charge in [0.25, 0.3) is 0 Å². The third-order valence-corrected chi connectivity index (χ3v) is 3.31. The normalized spacial score (nSPS) is 11.9. The van der Waals surface area contributed by atoms with E-state index >= 15 is 0 Å². The predicted molar refractivity (Wildman–Crippen MR) is 77.0 cm³/mol. The Labute approximate surface area is 118 Å². The lowest BCUT2D eigenvalue weighted by Crippen LogP contribution is -2.05. The molecule has 0 aromatic heterocycles. The van der Waals surface area contributed by atoms with Gasteiger partial charge in [0.2, 0.25) is 0 Å². The first-order valence-corrected chi connectivity index (χ1v) is 6.45. The molecule has 0 aliphatic rings. The van der Waals surface area contributed by atoms with Crippen molar-refractivity contribution in [3.63, 3.8) is 0 Å². The summed E-state index contributed by atoms with van der Waals surface area (Å²) >= 11 is 5.97. The fraction of sp³-hybridized carbons (Fsp3) is 0.188.